The van der Waals surface area contributed by atoms with E-state index in [1.54, 1.807) is 0 Å². The molecule has 0 fully saturated rings. The molecule has 5 heteroatoms. The van der Waals surface area contributed by atoms with Gasteiger partial charge in [0.1, 0.15) is 0 Å². The Kier molecular flexibility index (Phi) is 19.7. The third kappa shape index (κ3) is 13.3. The number of hydrogen-bond acceptors (Lipinski definition) is 1. The largest absolute Gasteiger partial charge is 4.00 e. The molecule has 0 aliphatic carbocycles. The van der Waals surface area contributed by atoms with Gasteiger partial charge in [-0.15, -0.1) is 0 Å². The predicted octanol–water partition coefficient (Wildman–Crippen LogP) is 10.4. The summed E-state index contributed by atoms with van der Waals surface area (Å²) in [7, 11) is -1.34. The molecular weight excluding hydrogens is 871 g/mol. The van der Waals surface area contributed by atoms with Crippen LogP contribution in [0.15, 0.2) is 273 Å². The quantitative estimate of drug-likeness (QED) is 0.104. The fourth-order valence-corrected chi connectivity index (χ4v) is 13.5. The minimum Gasteiger partial charge on any atom is -1.00 e. The predicted molar refractivity (Wildman–Crippen MR) is 266 cm³/mol. The summed E-state index contributed by atoms with van der Waals surface area (Å²) in [6.45, 7) is 4.50. The van der Waals surface area contributed by atoms with Crippen LogP contribution in [0.5, 0.6) is 0 Å². The molecule has 9 aromatic carbocycles. The van der Waals surface area contributed by atoms with E-state index in [2.05, 4.69) is 280 Å². The van der Waals surface area contributed by atoms with E-state index >= 15 is 0 Å². The SMILES string of the molecule is [C]=O.[H-].[H-].[H-].[H-].[Ru+4].c1ccc(P(c2ccccc2)c2ccccc2)cc1.c1ccc(P(c2ccccc2)c2ccccc2)cc1.c1ccc(P(c2ccccc2)c2ccccc2)cc1. The van der Waals surface area contributed by atoms with Crippen molar-refractivity contribution < 1.29 is 30.0 Å². The van der Waals surface area contributed by atoms with Crippen molar-refractivity contribution in [1.82, 2.24) is 0 Å². The third-order valence-corrected chi connectivity index (χ3v) is 16.5. The first kappa shape index (κ1) is 45.6. The zero-order valence-electron chi connectivity index (χ0n) is 37.1. The van der Waals surface area contributed by atoms with E-state index in [0.29, 0.717) is 0 Å². The van der Waals surface area contributed by atoms with Crippen molar-refractivity contribution in [3.05, 3.63) is 273 Å². The average Bonchev–Trinajstić information content (AvgIpc) is 3.34. The van der Waals surface area contributed by atoms with Crippen molar-refractivity contribution in [2.75, 3.05) is 0 Å². The minimum atomic E-state index is -0.446. The van der Waals surface area contributed by atoms with Crippen molar-refractivity contribution in [3.8, 4) is 0 Å². The second-order valence-electron chi connectivity index (χ2n) is 13.0. The summed E-state index contributed by atoms with van der Waals surface area (Å²) >= 11 is 0. The first-order valence-electron chi connectivity index (χ1n) is 19.4. The topological polar surface area (TPSA) is 17.1 Å². The fourth-order valence-electron chi connectivity index (χ4n) is 6.54. The van der Waals surface area contributed by atoms with Gasteiger partial charge < -0.3 is 5.71 Å². The van der Waals surface area contributed by atoms with Crippen LogP contribution in [-0.2, 0) is 24.3 Å². The number of rotatable bonds is 9. The van der Waals surface area contributed by atoms with Gasteiger partial charge in [-0.3, -0.25) is 4.79 Å². The Labute approximate surface area is 379 Å². The fraction of sp³-hybridized carbons (Fsp3) is 0. The van der Waals surface area contributed by atoms with Crippen molar-refractivity contribution >= 4 is 78.3 Å². The van der Waals surface area contributed by atoms with Gasteiger partial charge in [0.15, 0.2) is 0 Å². The van der Waals surface area contributed by atoms with Crippen LogP contribution in [0.25, 0.3) is 0 Å². The van der Waals surface area contributed by atoms with E-state index in [1.807, 2.05) is 0 Å². The van der Waals surface area contributed by atoms with Crippen LogP contribution in [0.1, 0.15) is 5.71 Å². The van der Waals surface area contributed by atoms with Gasteiger partial charge in [-0.2, -0.15) is 0 Å². The molecule has 2 radical (unpaired) electrons. The Morgan fingerprint density at radius 1 is 0.200 bits per heavy atom. The van der Waals surface area contributed by atoms with Crippen LogP contribution in [0.3, 0.4) is 0 Å². The normalized spacial score (nSPS) is 10.1. The number of benzene rings is 9. The Bertz CT molecular complexity index is 1910. The zero-order valence-corrected chi connectivity index (χ0v) is 37.5. The van der Waals surface area contributed by atoms with Gasteiger partial charge in [0, 0.05) is 0 Å². The molecule has 0 aromatic heterocycles. The maximum atomic E-state index is 7.50. The molecule has 1 nitrogen and oxygen atoms in total. The van der Waals surface area contributed by atoms with Gasteiger partial charge in [-0.1, -0.05) is 273 Å². The molecule has 0 saturated carbocycles. The van der Waals surface area contributed by atoms with Crippen molar-refractivity contribution in [1.29, 1.82) is 0 Å². The minimum absolute atomic E-state index is 0. The van der Waals surface area contributed by atoms with E-state index in [9.17, 15) is 0 Å². The van der Waals surface area contributed by atoms with Gasteiger partial charge in [-0.05, 0) is 71.5 Å². The van der Waals surface area contributed by atoms with Crippen LogP contribution < -0.4 is 47.7 Å². The standard InChI is InChI=1S/3C18H15P.CO.Ru.4H/c3*1-4-10-16(11-5-1)19(17-12-6-2-7-13-17)18-14-8-3-9-15-18;1-2;;;;;/h3*1-15H;;;;;;/q;;;;+4;4*-1. The molecule has 60 heavy (non-hydrogen) atoms. The molecule has 0 atom stereocenters. The Hall–Kier alpha value is -5.44. The molecule has 0 N–H and O–H groups in total. The first-order valence-corrected chi connectivity index (χ1v) is 23.4. The van der Waals surface area contributed by atoms with Crippen molar-refractivity contribution in [2.45, 2.75) is 0 Å². The molecule has 0 spiro atoms. The molecule has 0 heterocycles. The molecule has 298 valence electrons. The molecule has 9 rings (SSSR count). The van der Waals surface area contributed by atoms with Crippen LogP contribution in [0.2, 0.25) is 0 Å². The van der Waals surface area contributed by atoms with Crippen molar-refractivity contribution in [3.63, 3.8) is 0 Å². The summed E-state index contributed by atoms with van der Waals surface area (Å²) in [5.41, 5.74) is 0. The third-order valence-electron chi connectivity index (χ3n) is 9.13. The molecule has 9 aromatic rings. The van der Waals surface area contributed by atoms with E-state index in [0.717, 1.165) is 0 Å². The van der Waals surface area contributed by atoms with Crippen LogP contribution >= 0.6 is 23.8 Å². The molecule has 0 bridgehead atoms. The second-order valence-corrected chi connectivity index (χ2v) is 19.7. The maximum absolute atomic E-state index is 7.50. The van der Waals surface area contributed by atoms with Crippen LogP contribution in [-0.4, -0.2) is 6.79 Å². The summed E-state index contributed by atoms with van der Waals surface area (Å²) in [4.78, 5) is 7.50. The van der Waals surface area contributed by atoms with Gasteiger partial charge in [-0.25, -0.2) is 0 Å². The molecule has 0 unspecified atom stereocenters. The van der Waals surface area contributed by atoms with E-state index < -0.39 is 23.8 Å². The summed E-state index contributed by atoms with van der Waals surface area (Å²) in [5, 5.41) is 12.6. The molecule has 0 saturated heterocycles. The Morgan fingerprint density at radius 2 is 0.283 bits per heavy atom. The number of hydrogen-bond donors (Lipinski definition) is 0. The monoisotopic (exact) mass is 920 g/mol. The van der Waals surface area contributed by atoms with E-state index in [-0.39, 0.29) is 25.2 Å². The molecular formula is C55H49OP3Ru. The number of carbonyl (C=O) groups excluding carboxylic acids is 1. The molecule has 0 amide bonds. The summed E-state index contributed by atoms with van der Waals surface area (Å²) in [5.74, 6) is 0. The van der Waals surface area contributed by atoms with E-state index in [1.165, 1.54) is 47.7 Å². The summed E-state index contributed by atoms with van der Waals surface area (Å²) in [6, 6.07) is 97.0. The van der Waals surface area contributed by atoms with Gasteiger partial charge >= 0.3 is 19.5 Å². The van der Waals surface area contributed by atoms with Crippen molar-refractivity contribution in [2.24, 2.45) is 0 Å². The summed E-state index contributed by atoms with van der Waals surface area (Å²) in [6.07, 6.45) is 0. The smallest absolute Gasteiger partial charge is 1.00 e. The first-order chi connectivity index (χ1) is 29.3. The maximum Gasteiger partial charge on any atom is 4.00 e. The molecule has 0 aliphatic rings. The Balaban J connectivity index is 0.000000453. The zero-order chi connectivity index (χ0) is 40.7. The van der Waals surface area contributed by atoms with Gasteiger partial charge in [0.05, 0.1) is 0 Å². The van der Waals surface area contributed by atoms with Gasteiger partial charge in [0.25, 0.3) is 6.79 Å². The van der Waals surface area contributed by atoms with Crippen LogP contribution in [0, 0.1) is 0 Å². The second kappa shape index (κ2) is 25.9. The average molecular weight is 920 g/mol. The Morgan fingerprint density at radius 3 is 0.367 bits per heavy atom. The van der Waals surface area contributed by atoms with Gasteiger partial charge in [0.2, 0.25) is 0 Å². The summed E-state index contributed by atoms with van der Waals surface area (Å²) < 4.78 is 0. The van der Waals surface area contributed by atoms with E-state index in [4.69, 9.17) is 4.79 Å². The van der Waals surface area contributed by atoms with Crippen LogP contribution in [0.4, 0.5) is 0 Å². The molecule has 0 aliphatic heterocycles.